The monoisotopic (exact) mass is 471 g/mol. The van der Waals surface area contributed by atoms with Gasteiger partial charge < -0.3 is 4.57 Å². The van der Waals surface area contributed by atoms with E-state index in [2.05, 4.69) is 19.7 Å². The Bertz CT molecular complexity index is 1280. The van der Waals surface area contributed by atoms with Gasteiger partial charge in [0.2, 0.25) is 0 Å². The van der Waals surface area contributed by atoms with Crippen molar-refractivity contribution < 1.29 is 13.2 Å². The number of Topliss-reactive ketones (excluding diaryl/α,β-unsaturated/α-hetero) is 1. The van der Waals surface area contributed by atoms with Gasteiger partial charge in [0.15, 0.2) is 26.6 Å². The predicted molar refractivity (Wildman–Crippen MR) is 123 cm³/mol. The molecule has 0 amide bonds. The van der Waals surface area contributed by atoms with E-state index in [1.165, 1.54) is 11.8 Å². The second kappa shape index (κ2) is 8.15. The maximum atomic E-state index is 13.1. The van der Waals surface area contributed by atoms with Crippen molar-refractivity contribution >= 4 is 27.4 Å². The van der Waals surface area contributed by atoms with Crippen LogP contribution in [-0.4, -0.2) is 55.8 Å². The number of nitrogens with zero attached hydrogens (tertiary/aromatic N) is 5. The van der Waals surface area contributed by atoms with Gasteiger partial charge in [-0.2, -0.15) is 0 Å². The number of carbonyl (C=O) groups is 1. The van der Waals surface area contributed by atoms with E-state index in [9.17, 15) is 13.2 Å². The molecule has 2 aliphatic rings. The fourth-order valence-corrected chi connectivity index (χ4v) is 7.13. The molecule has 0 unspecified atom stereocenters. The van der Waals surface area contributed by atoms with Crippen molar-refractivity contribution in [2.75, 3.05) is 17.3 Å². The van der Waals surface area contributed by atoms with Crippen molar-refractivity contribution in [2.45, 2.75) is 50.4 Å². The van der Waals surface area contributed by atoms with Crippen molar-refractivity contribution in [2.24, 2.45) is 0 Å². The highest BCUT2D eigenvalue weighted by atomic mass is 32.2. The largest absolute Gasteiger partial charge is 0.344 e. The third kappa shape index (κ3) is 4.01. The lowest BCUT2D eigenvalue weighted by atomic mass is 10.2. The van der Waals surface area contributed by atoms with E-state index in [0.29, 0.717) is 18.0 Å². The Morgan fingerprint density at radius 1 is 1.16 bits per heavy atom. The zero-order valence-electron chi connectivity index (χ0n) is 18.1. The van der Waals surface area contributed by atoms with Gasteiger partial charge in [0.05, 0.1) is 17.3 Å². The van der Waals surface area contributed by atoms with Gasteiger partial charge in [-0.05, 0) is 51.3 Å². The fraction of sp³-hybridized carbons (Fsp3) is 0.455. The average Bonchev–Trinajstić information content (AvgIpc) is 3.31. The lowest BCUT2D eigenvalue weighted by Crippen LogP contribution is -2.14. The number of aromatic nitrogens is 5. The minimum absolute atomic E-state index is 0.0171. The molecule has 0 spiro atoms. The third-order valence-corrected chi connectivity index (χ3v) is 8.88. The van der Waals surface area contributed by atoms with Gasteiger partial charge in [-0.1, -0.05) is 11.8 Å². The van der Waals surface area contributed by atoms with E-state index in [1.54, 1.807) is 12.4 Å². The SMILES string of the molecule is Cc1cc(C(=O)CSc2nnc(-c3cccnc3)n2C2CC2)c(C)n1[C@@H]1CCS(=O)(=O)C1. The lowest BCUT2D eigenvalue weighted by molar-refractivity contribution is 0.102. The average molecular weight is 472 g/mol. The molecular weight excluding hydrogens is 446 g/mol. The number of hydrogen-bond acceptors (Lipinski definition) is 7. The Labute approximate surface area is 191 Å². The van der Waals surface area contributed by atoms with Crippen LogP contribution < -0.4 is 0 Å². The predicted octanol–water partition coefficient (Wildman–Crippen LogP) is 3.43. The van der Waals surface area contributed by atoms with Crippen LogP contribution in [0.4, 0.5) is 0 Å². The molecule has 5 rings (SSSR count). The molecule has 0 radical (unpaired) electrons. The quantitative estimate of drug-likeness (QED) is 0.384. The van der Waals surface area contributed by atoms with Crippen LogP contribution in [0, 0.1) is 13.8 Å². The first-order valence-electron chi connectivity index (χ1n) is 10.7. The standard InChI is InChI=1S/C22H25N5O3S2/c1-14-10-19(15(2)26(14)18-7-9-32(29,30)13-18)20(28)12-31-22-25-24-21(27(22)17-5-6-17)16-4-3-8-23-11-16/h3-4,8,10-11,17-18H,5-7,9,12-13H2,1-2H3/t18-/m1/s1. The zero-order valence-corrected chi connectivity index (χ0v) is 19.7. The molecule has 3 aromatic heterocycles. The summed E-state index contributed by atoms with van der Waals surface area (Å²) >= 11 is 1.40. The van der Waals surface area contributed by atoms with Crippen molar-refractivity contribution in [1.82, 2.24) is 24.3 Å². The second-order valence-corrected chi connectivity index (χ2v) is 11.7. The number of aryl methyl sites for hydroxylation is 1. The first-order chi connectivity index (χ1) is 15.3. The summed E-state index contributed by atoms with van der Waals surface area (Å²) in [6.45, 7) is 3.84. The topological polar surface area (TPSA) is 99.7 Å². The van der Waals surface area contributed by atoms with Crippen molar-refractivity contribution in [1.29, 1.82) is 0 Å². The van der Waals surface area contributed by atoms with Crippen LogP contribution in [0.2, 0.25) is 0 Å². The van der Waals surface area contributed by atoms with Crippen molar-refractivity contribution in [3.05, 3.63) is 47.5 Å². The maximum Gasteiger partial charge on any atom is 0.192 e. The summed E-state index contributed by atoms with van der Waals surface area (Å²) in [5, 5.41) is 9.49. The van der Waals surface area contributed by atoms with Gasteiger partial charge >= 0.3 is 0 Å². The van der Waals surface area contributed by atoms with Crippen LogP contribution in [0.5, 0.6) is 0 Å². The van der Waals surface area contributed by atoms with Gasteiger partial charge in [0.25, 0.3) is 0 Å². The van der Waals surface area contributed by atoms with Crippen molar-refractivity contribution in [3.8, 4) is 11.4 Å². The van der Waals surface area contributed by atoms with Crippen LogP contribution >= 0.6 is 11.8 Å². The van der Waals surface area contributed by atoms with Crippen LogP contribution in [0.25, 0.3) is 11.4 Å². The molecular formula is C22H25N5O3S2. The van der Waals surface area contributed by atoms with Gasteiger partial charge in [-0.3, -0.25) is 14.3 Å². The molecule has 168 valence electrons. The summed E-state index contributed by atoms with van der Waals surface area (Å²) in [4.78, 5) is 17.3. The van der Waals surface area contributed by atoms with Crippen LogP contribution in [0.15, 0.2) is 35.7 Å². The number of pyridine rings is 1. The summed E-state index contributed by atoms with van der Waals surface area (Å²) in [6, 6.07) is 6.01. The Hall–Kier alpha value is -2.46. The summed E-state index contributed by atoms with van der Waals surface area (Å²) < 4.78 is 28.0. The molecule has 0 N–H and O–H groups in total. The number of sulfone groups is 1. The van der Waals surface area contributed by atoms with Crippen LogP contribution in [0.1, 0.15) is 53.1 Å². The third-order valence-electron chi connectivity index (χ3n) is 6.19. The van der Waals surface area contributed by atoms with Crippen LogP contribution in [-0.2, 0) is 9.84 Å². The van der Waals surface area contributed by atoms with E-state index in [0.717, 1.165) is 40.8 Å². The normalized spacial score (nSPS) is 20.0. The highest BCUT2D eigenvalue weighted by Crippen LogP contribution is 2.41. The summed E-state index contributed by atoms with van der Waals surface area (Å²) in [5.74, 6) is 1.42. The molecule has 4 heterocycles. The molecule has 3 aromatic rings. The van der Waals surface area contributed by atoms with Gasteiger partial charge in [-0.25, -0.2) is 8.42 Å². The molecule has 10 heteroatoms. The molecule has 1 saturated heterocycles. The summed E-state index contributed by atoms with van der Waals surface area (Å²) in [7, 11) is -2.99. The number of rotatable bonds is 7. The van der Waals surface area contributed by atoms with Crippen molar-refractivity contribution in [3.63, 3.8) is 0 Å². The first-order valence-corrected chi connectivity index (χ1v) is 13.5. The Balaban J connectivity index is 1.35. The Kier molecular flexibility index (Phi) is 5.45. The minimum atomic E-state index is -2.99. The molecule has 1 aliphatic carbocycles. The number of ketones is 1. The molecule has 1 saturated carbocycles. The minimum Gasteiger partial charge on any atom is -0.344 e. The van der Waals surface area contributed by atoms with E-state index in [4.69, 9.17) is 0 Å². The van der Waals surface area contributed by atoms with E-state index >= 15 is 0 Å². The smallest absolute Gasteiger partial charge is 0.192 e. The van der Waals surface area contributed by atoms with E-state index < -0.39 is 9.84 Å². The molecule has 8 nitrogen and oxygen atoms in total. The van der Waals surface area contributed by atoms with Gasteiger partial charge in [-0.15, -0.1) is 10.2 Å². The Morgan fingerprint density at radius 2 is 1.97 bits per heavy atom. The number of carbonyl (C=O) groups excluding carboxylic acids is 1. The molecule has 0 aromatic carbocycles. The second-order valence-electron chi connectivity index (χ2n) is 8.57. The maximum absolute atomic E-state index is 13.1. The van der Waals surface area contributed by atoms with E-state index in [-0.39, 0.29) is 29.1 Å². The highest BCUT2D eigenvalue weighted by Gasteiger charge is 2.33. The summed E-state index contributed by atoms with van der Waals surface area (Å²) in [6.07, 6.45) is 6.27. The highest BCUT2D eigenvalue weighted by molar-refractivity contribution is 7.99. The molecule has 2 fully saturated rings. The Morgan fingerprint density at radius 3 is 2.62 bits per heavy atom. The first kappa shape index (κ1) is 21.4. The zero-order chi connectivity index (χ0) is 22.5. The van der Waals surface area contributed by atoms with Gasteiger partial charge in [0.1, 0.15) is 0 Å². The number of hydrogen-bond donors (Lipinski definition) is 0. The van der Waals surface area contributed by atoms with E-state index in [1.807, 2.05) is 36.6 Å². The molecule has 0 bridgehead atoms. The molecule has 1 atom stereocenters. The van der Waals surface area contributed by atoms with Crippen LogP contribution in [0.3, 0.4) is 0 Å². The lowest BCUT2D eigenvalue weighted by Gasteiger charge is -2.16. The fourth-order valence-electron chi connectivity index (χ4n) is 4.54. The molecule has 1 aliphatic heterocycles. The molecule has 32 heavy (non-hydrogen) atoms. The van der Waals surface area contributed by atoms with Gasteiger partial charge in [0, 0.05) is 47.0 Å². The number of thioether (sulfide) groups is 1. The summed E-state index contributed by atoms with van der Waals surface area (Å²) in [5.41, 5.74) is 3.34.